The van der Waals surface area contributed by atoms with Crippen LogP contribution in [0.15, 0.2) is 30.3 Å². The number of benzene rings is 1. The van der Waals surface area contributed by atoms with Crippen molar-refractivity contribution >= 4 is 5.97 Å². The Morgan fingerprint density at radius 2 is 2.07 bits per heavy atom. The van der Waals surface area contributed by atoms with Crippen LogP contribution in [0.1, 0.15) is 31.9 Å². The fraction of sp³-hybridized carbons (Fsp3) is 0.308. The van der Waals surface area contributed by atoms with Crippen molar-refractivity contribution in [1.29, 1.82) is 0 Å². The normalized spacial score (nSPS) is 11.1. The fourth-order valence-electron chi connectivity index (χ4n) is 1.29. The molecular formula is C13H14O2. The maximum Gasteiger partial charge on any atom is 0.303 e. The van der Waals surface area contributed by atoms with Crippen molar-refractivity contribution < 1.29 is 9.53 Å². The van der Waals surface area contributed by atoms with E-state index in [1.807, 2.05) is 30.3 Å². The number of ether oxygens (including phenoxy) is 1. The minimum absolute atomic E-state index is 0.254. The summed E-state index contributed by atoms with van der Waals surface area (Å²) in [7, 11) is 0. The number of esters is 1. The molecule has 2 nitrogen and oxygen atoms in total. The molecule has 0 aliphatic heterocycles. The summed E-state index contributed by atoms with van der Waals surface area (Å²) in [5.41, 5.74) is 0.982. The highest BCUT2D eigenvalue weighted by atomic mass is 16.5. The van der Waals surface area contributed by atoms with Crippen LogP contribution in [0.4, 0.5) is 0 Å². The van der Waals surface area contributed by atoms with Gasteiger partial charge in [-0.25, -0.2) is 0 Å². The first kappa shape index (κ1) is 11.3. The first-order valence-electron chi connectivity index (χ1n) is 4.86. The fourth-order valence-corrected chi connectivity index (χ4v) is 1.29. The molecule has 0 heterocycles. The first-order chi connectivity index (χ1) is 7.24. The quantitative estimate of drug-likeness (QED) is 0.556. The van der Waals surface area contributed by atoms with Gasteiger partial charge in [-0.15, -0.1) is 5.92 Å². The summed E-state index contributed by atoms with van der Waals surface area (Å²) < 4.78 is 5.20. The first-order valence-corrected chi connectivity index (χ1v) is 4.86. The Labute approximate surface area is 90.3 Å². The predicted octanol–water partition coefficient (Wildman–Crippen LogP) is 2.70. The van der Waals surface area contributed by atoms with E-state index in [2.05, 4.69) is 11.8 Å². The Balaban J connectivity index is 2.79. The molecule has 0 radical (unpaired) electrons. The highest BCUT2D eigenvalue weighted by Crippen LogP contribution is 2.20. The molecule has 1 rings (SSSR count). The lowest BCUT2D eigenvalue weighted by atomic mass is 10.1. The summed E-state index contributed by atoms with van der Waals surface area (Å²) in [4.78, 5) is 10.9. The zero-order chi connectivity index (χ0) is 11.1. The van der Waals surface area contributed by atoms with Gasteiger partial charge < -0.3 is 4.74 Å². The molecule has 78 valence electrons. The maximum atomic E-state index is 10.9. The van der Waals surface area contributed by atoms with Crippen LogP contribution in [0.25, 0.3) is 0 Å². The van der Waals surface area contributed by atoms with Crippen LogP contribution in [-0.2, 0) is 9.53 Å². The largest absolute Gasteiger partial charge is 0.457 e. The van der Waals surface area contributed by atoms with E-state index in [4.69, 9.17) is 4.74 Å². The molecule has 0 amide bonds. The molecule has 0 saturated carbocycles. The highest BCUT2D eigenvalue weighted by Gasteiger charge is 2.12. The maximum absolute atomic E-state index is 10.9. The molecule has 1 aromatic carbocycles. The van der Waals surface area contributed by atoms with Crippen LogP contribution in [0.2, 0.25) is 0 Å². The standard InChI is InChI=1S/C13H14O2/c1-3-4-10-13(15-11(2)14)12-8-6-5-7-9-12/h5-9,13H,10H2,1-2H3. The van der Waals surface area contributed by atoms with E-state index in [1.165, 1.54) is 6.92 Å². The number of carbonyl (C=O) groups excluding carboxylic acids is 1. The summed E-state index contributed by atoms with van der Waals surface area (Å²) in [5.74, 6) is 5.45. The van der Waals surface area contributed by atoms with Gasteiger partial charge in [0.1, 0.15) is 6.10 Å². The molecule has 0 aliphatic carbocycles. The second-order valence-corrected chi connectivity index (χ2v) is 3.14. The lowest BCUT2D eigenvalue weighted by molar-refractivity contribution is -0.146. The molecule has 0 bridgehead atoms. The van der Waals surface area contributed by atoms with Crippen molar-refractivity contribution in [3.05, 3.63) is 35.9 Å². The number of hydrogen-bond donors (Lipinski definition) is 0. The van der Waals surface area contributed by atoms with Crippen molar-refractivity contribution in [1.82, 2.24) is 0 Å². The van der Waals surface area contributed by atoms with E-state index >= 15 is 0 Å². The van der Waals surface area contributed by atoms with Crippen LogP contribution >= 0.6 is 0 Å². The van der Waals surface area contributed by atoms with E-state index in [-0.39, 0.29) is 12.1 Å². The van der Waals surface area contributed by atoms with Gasteiger partial charge in [-0.1, -0.05) is 36.3 Å². The lowest BCUT2D eigenvalue weighted by Gasteiger charge is -2.14. The van der Waals surface area contributed by atoms with Crippen molar-refractivity contribution in [2.24, 2.45) is 0 Å². The van der Waals surface area contributed by atoms with Crippen molar-refractivity contribution in [3.8, 4) is 11.8 Å². The molecule has 15 heavy (non-hydrogen) atoms. The Hall–Kier alpha value is -1.75. The van der Waals surface area contributed by atoms with E-state index in [1.54, 1.807) is 6.92 Å². The summed E-state index contributed by atoms with van der Waals surface area (Å²) in [6, 6.07) is 9.64. The molecule has 0 spiro atoms. The average Bonchev–Trinajstić information content (AvgIpc) is 2.25. The Morgan fingerprint density at radius 1 is 1.40 bits per heavy atom. The van der Waals surface area contributed by atoms with Gasteiger partial charge in [0.05, 0.1) is 6.42 Å². The molecule has 0 N–H and O–H groups in total. The summed E-state index contributed by atoms with van der Waals surface area (Å²) >= 11 is 0. The van der Waals surface area contributed by atoms with Gasteiger partial charge in [0.2, 0.25) is 0 Å². The van der Waals surface area contributed by atoms with Crippen LogP contribution in [0.3, 0.4) is 0 Å². The summed E-state index contributed by atoms with van der Waals surface area (Å²) in [6.45, 7) is 3.19. The third-order valence-corrected chi connectivity index (χ3v) is 1.94. The van der Waals surface area contributed by atoms with Gasteiger partial charge in [-0.05, 0) is 12.5 Å². The Kier molecular flexibility index (Phi) is 4.43. The molecule has 1 atom stereocenters. The van der Waals surface area contributed by atoms with E-state index in [0.717, 1.165) is 5.56 Å². The molecule has 0 aliphatic rings. The minimum Gasteiger partial charge on any atom is -0.457 e. The van der Waals surface area contributed by atoms with Crippen LogP contribution in [0, 0.1) is 11.8 Å². The predicted molar refractivity (Wildman–Crippen MR) is 59.0 cm³/mol. The monoisotopic (exact) mass is 202 g/mol. The molecule has 0 aromatic heterocycles. The molecule has 1 unspecified atom stereocenters. The third-order valence-electron chi connectivity index (χ3n) is 1.94. The molecule has 1 aromatic rings. The Bertz CT molecular complexity index is 371. The van der Waals surface area contributed by atoms with Gasteiger partial charge in [0.15, 0.2) is 0 Å². The van der Waals surface area contributed by atoms with E-state index in [0.29, 0.717) is 6.42 Å². The SMILES string of the molecule is CC#CCC(OC(C)=O)c1ccccc1. The van der Waals surface area contributed by atoms with Crippen molar-refractivity contribution in [2.45, 2.75) is 26.4 Å². The summed E-state index contributed by atoms with van der Waals surface area (Å²) in [6.07, 6.45) is 0.288. The van der Waals surface area contributed by atoms with Gasteiger partial charge >= 0.3 is 5.97 Å². The zero-order valence-electron chi connectivity index (χ0n) is 8.99. The lowest BCUT2D eigenvalue weighted by Crippen LogP contribution is -2.07. The number of rotatable bonds is 3. The van der Waals surface area contributed by atoms with Crippen molar-refractivity contribution in [3.63, 3.8) is 0 Å². The van der Waals surface area contributed by atoms with Gasteiger partial charge in [-0.3, -0.25) is 4.79 Å². The van der Waals surface area contributed by atoms with E-state index < -0.39 is 0 Å². The summed E-state index contributed by atoms with van der Waals surface area (Å²) in [5, 5.41) is 0. The second kappa shape index (κ2) is 5.87. The smallest absolute Gasteiger partial charge is 0.303 e. The second-order valence-electron chi connectivity index (χ2n) is 3.14. The third kappa shape index (κ3) is 3.86. The molecular weight excluding hydrogens is 188 g/mol. The molecule has 2 heteroatoms. The minimum atomic E-state index is -0.276. The van der Waals surface area contributed by atoms with Gasteiger partial charge in [0.25, 0.3) is 0 Å². The van der Waals surface area contributed by atoms with Gasteiger partial charge in [-0.2, -0.15) is 0 Å². The average molecular weight is 202 g/mol. The number of carbonyl (C=O) groups is 1. The zero-order valence-corrected chi connectivity index (χ0v) is 8.99. The highest BCUT2D eigenvalue weighted by molar-refractivity contribution is 5.66. The Morgan fingerprint density at radius 3 is 2.60 bits per heavy atom. The topological polar surface area (TPSA) is 26.3 Å². The molecule has 0 fully saturated rings. The van der Waals surface area contributed by atoms with E-state index in [9.17, 15) is 4.79 Å². The van der Waals surface area contributed by atoms with Crippen LogP contribution < -0.4 is 0 Å². The van der Waals surface area contributed by atoms with Crippen molar-refractivity contribution in [2.75, 3.05) is 0 Å². The van der Waals surface area contributed by atoms with Crippen LogP contribution in [-0.4, -0.2) is 5.97 Å². The number of hydrogen-bond acceptors (Lipinski definition) is 2. The van der Waals surface area contributed by atoms with Gasteiger partial charge in [0, 0.05) is 6.92 Å². The van der Waals surface area contributed by atoms with Crippen LogP contribution in [0.5, 0.6) is 0 Å². The molecule has 0 saturated heterocycles.